The van der Waals surface area contributed by atoms with Crippen LogP contribution in [-0.4, -0.2) is 17.6 Å². The van der Waals surface area contributed by atoms with Crippen LogP contribution in [0.1, 0.15) is 32.3 Å². The van der Waals surface area contributed by atoms with E-state index in [9.17, 15) is 0 Å². The highest BCUT2D eigenvalue weighted by atomic mass is 79.9. The standard InChI is InChI=1S/C13H19BrN2O2/c1-9(2)4-3-7-18-10-5-6-11(12(14)8-10)13(15)16-17/h5-6,8-9,17H,3-4,7H2,1-2H3,(H2,15,16). The number of rotatable bonds is 6. The van der Waals surface area contributed by atoms with E-state index in [2.05, 4.69) is 34.9 Å². The van der Waals surface area contributed by atoms with Crippen molar-refractivity contribution in [1.29, 1.82) is 0 Å². The Balaban J connectivity index is 2.57. The molecule has 18 heavy (non-hydrogen) atoms. The number of hydrogen-bond acceptors (Lipinski definition) is 3. The molecule has 3 N–H and O–H groups in total. The number of nitrogens with zero attached hydrogens (tertiary/aromatic N) is 1. The van der Waals surface area contributed by atoms with Crippen molar-refractivity contribution in [2.45, 2.75) is 26.7 Å². The molecule has 1 aromatic carbocycles. The molecule has 0 fully saturated rings. The van der Waals surface area contributed by atoms with Gasteiger partial charge in [0.2, 0.25) is 0 Å². The summed E-state index contributed by atoms with van der Waals surface area (Å²) in [6.45, 7) is 5.10. The second-order valence-corrected chi connectivity index (χ2v) is 5.37. The van der Waals surface area contributed by atoms with Gasteiger partial charge in [-0.2, -0.15) is 0 Å². The largest absolute Gasteiger partial charge is 0.494 e. The van der Waals surface area contributed by atoms with Gasteiger partial charge in [-0.15, -0.1) is 0 Å². The van der Waals surface area contributed by atoms with Crippen LogP contribution in [0.4, 0.5) is 0 Å². The zero-order valence-electron chi connectivity index (χ0n) is 10.7. The molecule has 0 amide bonds. The van der Waals surface area contributed by atoms with Gasteiger partial charge >= 0.3 is 0 Å². The highest BCUT2D eigenvalue weighted by molar-refractivity contribution is 9.10. The number of benzene rings is 1. The van der Waals surface area contributed by atoms with E-state index in [4.69, 9.17) is 15.7 Å². The Morgan fingerprint density at radius 1 is 1.50 bits per heavy atom. The van der Waals surface area contributed by atoms with E-state index in [1.165, 1.54) is 0 Å². The Morgan fingerprint density at radius 3 is 2.78 bits per heavy atom. The molecule has 0 unspecified atom stereocenters. The number of nitrogens with two attached hydrogens (primary N) is 1. The molecular formula is C13H19BrN2O2. The van der Waals surface area contributed by atoms with Crippen LogP contribution in [0.2, 0.25) is 0 Å². The van der Waals surface area contributed by atoms with Gasteiger partial charge in [-0.1, -0.05) is 19.0 Å². The molecule has 0 heterocycles. The average molecular weight is 315 g/mol. The van der Waals surface area contributed by atoms with Crippen molar-refractivity contribution in [2.75, 3.05) is 6.61 Å². The molecule has 0 saturated heterocycles. The lowest BCUT2D eigenvalue weighted by atomic mass is 10.1. The number of oxime groups is 1. The van der Waals surface area contributed by atoms with Crippen LogP contribution in [-0.2, 0) is 0 Å². The Kier molecular flexibility index (Phi) is 5.98. The van der Waals surface area contributed by atoms with Crippen LogP contribution in [0, 0.1) is 5.92 Å². The lowest BCUT2D eigenvalue weighted by Gasteiger charge is -2.09. The lowest BCUT2D eigenvalue weighted by molar-refractivity contribution is 0.297. The van der Waals surface area contributed by atoms with Gasteiger partial charge in [0.25, 0.3) is 0 Å². The van der Waals surface area contributed by atoms with Crippen LogP contribution in [0.25, 0.3) is 0 Å². The molecule has 0 saturated carbocycles. The normalized spacial score (nSPS) is 11.9. The van der Waals surface area contributed by atoms with E-state index in [1.807, 2.05) is 12.1 Å². The molecule has 100 valence electrons. The summed E-state index contributed by atoms with van der Waals surface area (Å²) in [5.41, 5.74) is 6.17. The minimum atomic E-state index is 0.0771. The second kappa shape index (κ2) is 7.26. The fourth-order valence-corrected chi connectivity index (χ4v) is 2.09. The average Bonchev–Trinajstić information content (AvgIpc) is 2.33. The Labute approximate surface area is 116 Å². The van der Waals surface area contributed by atoms with Crippen molar-refractivity contribution in [3.8, 4) is 5.75 Å². The topological polar surface area (TPSA) is 67.8 Å². The third kappa shape index (κ3) is 4.56. The van der Waals surface area contributed by atoms with Crippen molar-refractivity contribution in [3.63, 3.8) is 0 Å². The summed E-state index contributed by atoms with van der Waals surface area (Å²) < 4.78 is 6.38. The summed E-state index contributed by atoms with van der Waals surface area (Å²) in [7, 11) is 0. The van der Waals surface area contributed by atoms with Gasteiger partial charge in [-0.25, -0.2) is 0 Å². The molecule has 1 aromatic rings. The van der Waals surface area contributed by atoms with Crippen molar-refractivity contribution in [3.05, 3.63) is 28.2 Å². The van der Waals surface area contributed by atoms with Gasteiger partial charge in [0.15, 0.2) is 5.84 Å². The van der Waals surface area contributed by atoms with Crippen LogP contribution in [0.3, 0.4) is 0 Å². The lowest BCUT2D eigenvalue weighted by Crippen LogP contribution is -2.13. The van der Waals surface area contributed by atoms with Crippen LogP contribution in [0.5, 0.6) is 5.75 Å². The molecule has 0 bridgehead atoms. The van der Waals surface area contributed by atoms with E-state index in [1.54, 1.807) is 6.07 Å². The van der Waals surface area contributed by atoms with Crippen molar-refractivity contribution < 1.29 is 9.94 Å². The zero-order valence-corrected chi connectivity index (χ0v) is 12.3. The number of halogens is 1. The molecule has 0 spiro atoms. The van der Waals surface area contributed by atoms with Crippen molar-refractivity contribution in [2.24, 2.45) is 16.8 Å². The predicted octanol–water partition coefficient (Wildman–Crippen LogP) is 3.36. The number of hydrogen-bond donors (Lipinski definition) is 2. The molecule has 0 atom stereocenters. The van der Waals surface area contributed by atoms with Gasteiger partial charge in [0.05, 0.1) is 6.61 Å². The van der Waals surface area contributed by atoms with Gasteiger partial charge < -0.3 is 15.7 Å². The van der Waals surface area contributed by atoms with E-state index < -0.39 is 0 Å². The van der Waals surface area contributed by atoms with Crippen molar-refractivity contribution >= 4 is 21.8 Å². The highest BCUT2D eigenvalue weighted by Crippen LogP contribution is 2.23. The maximum absolute atomic E-state index is 8.62. The smallest absolute Gasteiger partial charge is 0.171 e. The van der Waals surface area contributed by atoms with E-state index in [0.29, 0.717) is 18.1 Å². The van der Waals surface area contributed by atoms with E-state index >= 15 is 0 Å². The fourth-order valence-electron chi connectivity index (χ4n) is 1.53. The van der Waals surface area contributed by atoms with Gasteiger partial charge in [-0.05, 0) is 52.9 Å². The first kappa shape index (κ1) is 14.8. The van der Waals surface area contributed by atoms with Crippen LogP contribution < -0.4 is 10.5 Å². The maximum Gasteiger partial charge on any atom is 0.171 e. The minimum Gasteiger partial charge on any atom is -0.494 e. The molecular weight excluding hydrogens is 296 g/mol. The Bertz CT molecular complexity index is 419. The van der Waals surface area contributed by atoms with Gasteiger partial charge in [0.1, 0.15) is 5.75 Å². The van der Waals surface area contributed by atoms with Crippen LogP contribution in [0.15, 0.2) is 27.8 Å². The summed E-state index contributed by atoms with van der Waals surface area (Å²) in [4.78, 5) is 0. The zero-order chi connectivity index (χ0) is 13.5. The molecule has 0 aliphatic heterocycles. The summed E-state index contributed by atoms with van der Waals surface area (Å²) in [5, 5.41) is 11.6. The van der Waals surface area contributed by atoms with E-state index in [-0.39, 0.29) is 5.84 Å². The number of amidine groups is 1. The Hall–Kier alpha value is -1.23. The third-order valence-corrected chi connectivity index (χ3v) is 3.17. The molecule has 0 radical (unpaired) electrons. The first-order valence-electron chi connectivity index (χ1n) is 5.95. The first-order chi connectivity index (χ1) is 8.54. The van der Waals surface area contributed by atoms with Crippen LogP contribution >= 0.6 is 15.9 Å². The first-order valence-corrected chi connectivity index (χ1v) is 6.74. The third-order valence-electron chi connectivity index (χ3n) is 2.52. The Morgan fingerprint density at radius 2 is 2.22 bits per heavy atom. The molecule has 1 rings (SSSR count). The SMILES string of the molecule is CC(C)CCCOc1ccc(/C(N)=N/O)c(Br)c1. The van der Waals surface area contributed by atoms with Gasteiger partial charge in [-0.3, -0.25) is 0 Å². The number of ether oxygens (including phenoxy) is 1. The quantitative estimate of drug-likeness (QED) is 0.278. The summed E-state index contributed by atoms with van der Waals surface area (Å²) in [6, 6.07) is 5.40. The molecule has 0 aliphatic carbocycles. The molecule has 0 aliphatic rings. The summed E-state index contributed by atoms with van der Waals surface area (Å²) in [6.07, 6.45) is 2.20. The second-order valence-electron chi connectivity index (χ2n) is 4.51. The van der Waals surface area contributed by atoms with Gasteiger partial charge in [0, 0.05) is 10.0 Å². The molecule has 5 heteroatoms. The summed E-state index contributed by atoms with van der Waals surface area (Å²) >= 11 is 3.37. The maximum atomic E-state index is 8.62. The minimum absolute atomic E-state index is 0.0771. The summed E-state index contributed by atoms with van der Waals surface area (Å²) in [5.74, 6) is 1.55. The molecule has 4 nitrogen and oxygen atoms in total. The monoisotopic (exact) mass is 314 g/mol. The van der Waals surface area contributed by atoms with Crippen molar-refractivity contribution in [1.82, 2.24) is 0 Å². The fraction of sp³-hybridized carbons (Fsp3) is 0.462. The highest BCUT2D eigenvalue weighted by Gasteiger charge is 2.06. The predicted molar refractivity (Wildman–Crippen MR) is 76.2 cm³/mol. The van der Waals surface area contributed by atoms with E-state index in [0.717, 1.165) is 23.1 Å². The molecule has 0 aromatic heterocycles.